The third kappa shape index (κ3) is 4.27. The van der Waals surface area contributed by atoms with E-state index in [0.717, 1.165) is 11.4 Å². The second kappa shape index (κ2) is 10.8. The second-order valence-electron chi connectivity index (χ2n) is 11.8. The summed E-state index contributed by atoms with van der Waals surface area (Å²) in [5.74, 6) is 0. The van der Waals surface area contributed by atoms with Crippen molar-refractivity contribution in [2.24, 2.45) is 0 Å². The molecule has 9 rings (SSSR count). The van der Waals surface area contributed by atoms with E-state index in [-0.39, 0.29) is 0 Å². The summed E-state index contributed by atoms with van der Waals surface area (Å²) in [5.41, 5.74) is 13.2. The molecule has 0 amide bonds. The third-order valence-electron chi connectivity index (χ3n) is 9.18. The molecule has 0 aliphatic rings. The lowest BCUT2D eigenvalue weighted by molar-refractivity contribution is 1.13. The van der Waals surface area contributed by atoms with Crippen molar-refractivity contribution in [2.45, 2.75) is 0 Å². The van der Waals surface area contributed by atoms with Crippen molar-refractivity contribution in [3.8, 4) is 44.8 Å². The Bertz CT molecular complexity index is 2480. The van der Waals surface area contributed by atoms with Gasteiger partial charge in [-0.05, 0) is 64.2 Å². The number of fused-ring (bicyclic) bond motifs is 5. The van der Waals surface area contributed by atoms with Gasteiger partial charge in [-0.3, -0.25) is 0 Å². The lowest BCUT2D eigenvalue weighted by Gasteiger charge is -2.15. The molecule has 2 heterocycles. The van der Waals surface area contributed by atoms with Crippen LogP contribution in [0.25, 0.3) is 77.5 Å². The summed E-state index contributed by atoms with van der Waals surface area (Å²) in [6.45, 7) is 0. The van der Waals surface area contributed by atoms with Crippen LogP contribution in [0, 0.1) is 0 Å². The normalized spacial score (nSPS) is 11.5. The molecule has 46 heavy (non-hydrogen) atoms. The maximum atomic E-state index is 2.44. The minimum Gasteiger partial charge on any atom is -0.316 e. The zero-order chi connectivity index (χ0) is 30.5. The largest absolute Gasteiger partial charge is 0.316 e. The summed E-state index contributed by atoms with van der Waals surface area (Å²) < 4.78 is 4.80. The first-order chi connectivity index (χ1) is 22.8. The van der Waals surface area contributed by atoms with Crippen molar-refractivity contribution in [3.63, 3.8) is 0 Å². The smallest absolute Gasteiger partial charge is 0.0635 e. The van der Waals surface area contributed by atoms with Crippen LogP contribution in [0.5, 0.6) is 0 Å². The monoisotopic (exact) mass is 586 g/mol. The van der Waals surface area contributed by atoms with Crippen LogP contribution in [0.2, 0.25) is 0 Å². The van der Waals surface area contributed by atoms with Gasteiger partial charge in [-0.25, -0.2) is 0 Å². The van der Waals surface area contributed by atoms with Gasteiger partial charge < -0.3 is 9.13 Å². The molecular formula is C44H30N2. The van der Waals surface area contributed by atoms with Crippen molar-refractivity contribution >= 4 is 32.7 Å². The molecule has 2 nitrogen and oxygen atoms in total. The van der Waals surface area contributed by atoms with Gasteiger partial charge in [0, 0.05) is 33.6 Å². The van der Waals surface area contributed by atoms with Crippen molar-refractivity contribution in [3.05, 3.63) is 182 Å². The number of hydrogen-bond donors (Lipinski definition) is 0. The Hall–Kier alpha value is -6.12. The molecule has 9 aromatic rings. The molecule has 216 valence electrons. The second-order valence-corrected chi connectivity index (χ2v) is 11.8. The maximum absolute atomic E-state index is 2.44. The van der Waals surface area contributed by atoms with Crippen LogP contribution in [0.1, 0.15) is 0 Å². The molecule has 0 saturated carbocycles. The summed E-state index contributed by atoms with van der Waals surface area (Å²) in [4.78, 5) is 0. The molecule has 0 spiro atoms. The molecule has 0 aliphatic carbocycles. The first kappa shape index (κ1) is 26.3. The summed E-state index contributed by atoms with van der Waals surface area (Å²) >= 11 is 0. The van der Waals surface area contributed by atoms with Gasteiger partial charge in [0.1, 0.15) is 0 Å². The van der Waals surface area contributed by atoms with Gasteiger partial charge in [-0.15, -0.1) is 0 Å². The van der Waals surface area contributed by atoms with Crippen LogP contribution in [0.15, 0.2) is 182 Å². The van der Waals surface area contributed by atoms with E-state index in [0.29, 0.717) is 0 Å². The van der Waals surface area contributed by atoms with E-state index in [1.165, 1.54) is 66.1 Å². The maximum Gasteiger partial charge on any atom is 0.0635 e. The fraction of sp³-hybridized carbons (Fsp3) is 0. The van der Waals surface area contributed by atoms with Crippen LogP contribution in [0.3, 0.4) is 0 Å². The Morgan fingerprint density at radius 3 is 1.65 bits per heavy atom. The first-order valence-corrected chi connectivity index (χ1v) is 15.8. The topological polar surface area (TPSA) is 9.86 Å². The van der Waals surface area contributed by atoms with Crippen molar-refractivity contribution < 1.29 is 0 Å². The SMILES string of the molecule is c1ccc(-c2ccc(-n3c4ccccc4c4ccc5c(ccn5-c5cc(-c6ccccc6)ccc5-c5ccccc5)c43)cc2)cc1. The van der Waals surface area contributed by atoms with E-state index in [1.54, 1.807) is 0 Å². The van der Waals surface area contributed by atoms with E-state index in [4.69, 9.17) is 0 Å². The fourth-order valence-electron chi connectivity index (χ4n) is 6.99. The molecular weight excluding hydrogens is 556 g/mol. The van der Waals surface area contributed by atoms with Gasteiger partial charge in [0.2, 0.25) is 0 Å². The number of hydrogen-bond acceptors (Lipinski definition) is 0. The average Bonchev–Trinajstić information content (AvgIpc) is 3.72. The van der Waals surface area contributed by atoms with Crippen molar-refractivity contribution in [1.29, 1.82) is 0 Å². The zero-order valence-corrected chi connectivity index (χ0v) is 25.2. The van der Waals surface area contributed by atoms with E-state index >= 15 is 0 Å². The zero-order valence-electron chi connectivity index (χ0n) is 25.2. The molecule has 7 aromatic carbocycles. The average molecular weight is 587 g/mol. The Morgan fingerprint density at radius 2 is 0.935 bits per heavy atom. The molecule has 0 bridgehead atoms. The van der Waals surface area contributed by atoms with E-state index in [2.05, 4.69) is 191 Å². The molecule has 0 aliphatic heterocycles. The minimum atomic E-state index is 1.15. The fourth-order valence-corrected chi connectivity index (χ4v) is 6.99. The highest BCUT2D eigenvalue weighted by molar-refractivity contribution is 6.18. The number of aromatic nitrogens is 2. The van der Waals surface area contributed by atoms with Crippen molar-refractivity contribution in [2.75, 3.05) is 0 Å². The quantitative estimate of drug-likeness (QED) is 0.190. The number of benzene rings is 7. The molecule has 0 radical (unpaired) electrons. The molecule has 2 heteroatoms. The molecule has 2 aromatic heterocycles. The number of rotatable bonds is 5. The van der Waals surface area contributed by atoms with E-state index < -0.39 is 0 Å². The number of nitrogens with zero attached hydrogens (tertiary/aromatic N) is 2. The summed E-state index contributed by atoms with van der Waals surface area (Å²) in [6, 6.07) is 63.4. The van der Waals surface area contributed by atoms with Crippen LogP contribution >= 0.6 is 0 Å². The third-order valence-corrected chi connectivity index (χ3v) is 9.18. The first-order valence-electron chi connectivity index (χ1n) is 15.8. The van der Waals surface area contributed by atoms with Gasteiger partial charge in [-0.1, -0.05) is 140 Å². The van der Waals surface area contributed by atoms with Gasteiger partial charge in [0.25, 0.3) is 0 Å². The molecule has 0 saturated heterocycles. The van der Waals surface area contributed by atoms with Gasteiger partial charge >= 0.3 is 0 Å². The van der Waals surface area contributed by atoms with Gasteiger partial charge in [0.05, 0.1) is 22.2 Å². The van der Waals surface area contributed by atoms with Gasteiger partial charge in [0.15, 0.2) is 0 Å². The molecule has 0 fully saturated rings. The standard InChI is InChI=1S/C44H30N2/c1-4-12-31(13-5-1)33-20-23-36(24-21-33)46-42-19-11-10-18-38(42)39-26-27-41-40(44(39)46)28-29-45(41)43-30-35(32-14-6-2-7-15-32)22-25-37(43)34-16-8-3-9-17-34/h1-30H. The van der Waals surface area contributed by atoms with Crippen molar-refractivity contribution in [1.82, 2.24) is 9.13 Å². The minimum absolute atomic E-state index is 1.15. The van der Waals surface area contributed by atoms with Crippen LogP contribution in [-0.4, -0.2) is 9.13 Å². The summed E-state index contributed by atoms with van der Waals surface area (Å²) in [6.07, 6.45) is 2.24. The Kier molecular flexibility index (Phi) is 6.17. The summed E-state index contributed by atoms with van der Waals surface area (Å²) in [5, 5.41) is 3.75. The van der Waals surface area contributed by atoms with Crippen LogP contribution in [0.4, 0.5) is 0 Å². The Morgan fingerprint density at radius 1 is 0.348 bits per heavy atom. The molecule has 0 N–H and O–H groups in total. The Labute approximate surface area is 268 Å². The lowest BCUT2D eigenvalue weighted by Crippen LogP contribution is -1.97. The van der Waals surface area contributed by atoms with Crippen LogP contribution < -0.4 is 0 Å². The predicted molar refractivity (Wildman–Crippen MR) is 194 cm³/mol. The molecule has 0 unspecified atom stereocenters. The highest BCUT2D eigenvalue weighted by Crippen LogP contribution is 2.40. The van der Waals surface area contributed by atoms with Crippen LogP contribution in [-0.2, 0) is 0 Å². The highest BCUT2D eigenvalue weighted by Gasteiger charge is 2.18. The predicted octanol–water partition coefficient (Wildman–Crippen LogP) is 11.7. The number of para-hydroxylation sites is 1. The van der Waals surface area contributed by atoms with E-state index in [1.807, 2.05) is 0 Å². The van der Waals surface area contributed by atoms with E-state index in [9.17, 15) is 0 Å². The molecule has 0 atom stereocenters. The Balaban J connectivity index is 1.29. The highest BCUT2D eigenvalue weighted by atomic mass is 15.0. The van der Waals surface area contributed by atoms with Gasteiger partial charge in [-0.2, -0.15) is 0 Å². The summed E-state index contributed by atoms with van der Waals surface area (Å²) in [7, 11) is 0. The lowest BCUT2D eigenvalue weighted by atomic mass is 9.98.